The van der Waals surface area contributed by atoms with Crippen LogP contribution in [0.25, 0.3) is 0 Å². The molecule has 0 atom stereocenters. The summed E-state index contributed by atoms with van der Waals surface area (Å²) < 4.78 is 0. The molecule has 0 aromatic carbocycles. The molecule has 1 spiro atoms. The summed E-state index contributed by atoms with van der Waals surface area (Å²) in [5.41, 5.74) is 1.43. The van der Waals surface area contributed by atoms with Gasteiger partial charge in [0.1, 0.15) is 0 Å². The zero-order valence-corrected chi connectivity index (χ0v) is 18.0. The summed E-state index contributed by atoms with van der Waals surface area (Å²) in [6.45, 7) is 18.9. The minimum Gasteiger partial charge on any atom is -0.301 e. The Labute approximate surface area is 162 Å². The van der Waals surface area contributed by atoms with Crippen molar-refractivity contribution in [2.75, 3.05) is 45.8 Å². The van der Waals surface area contributed by atoms with Gasteiger partial charge in [-0.15, -0.1) is 0 Å². The highest BCUT2D eigenvalue weighted by Gasteiger charge is 2.49. The molecular formula is C23H43N3. The van der Waals surface area contributed by atoms with E-state index in [0.717, 1.165) is 23.4 Å². The molecule has 4 rings (SSSR count). The normalized spacial score (nSPS) is 30.2. The van der Waals surface area contributed by atoms with Crippen molar-refractivity contribution in [1.29, 1.82) is 0 Å². The lowest BCUT2D eigenvalue weighted by molar-refractivity contribution is -0.0603. The Morgan fingerprint density at radius 1 is 0.808 bits per heavy atom. The van der Waals surface area contributed by atoms with Crippen molar-refractivity contribution in [3.05, 3.63) is 0 Å². The lowest BCUT2D eigenvalue weighted by Gasteiger charge is -2.57. The molecule has 0 radical (unpaired) electrons. The van der Waals surface area contributed by atoms with Gasteiger partial charge in [0.25, 0.3) is 0 Å². The van der Waals surface area contributed by atoms with Gasteiger partial charge in [0, 0.05) is 44.8 Å². The van der Waals surface area contributed by atoms with E-state index in [0.29, 0.717) is 5.41 Å². The van der Waals surface area contributed by atoms with E-state index in [2.05, 4.69) is 42.4 Å². The molecular weight excluding hydrogens is 318 g/mol. The number of nitrogens with zero attached hydrogens (tertiary/aromatic N) is 3. The summed E-state index contributed by atoms with van der Waals surface area (Å²) in [6.07, 6.45) is 10.3. The van der Waals surface area contributed by atoms with Crippen LogP contribution < -0.4 is 0 Å². The number of piperidine rings is 1. The quantitative estimate of drug-likeness (QED) is 0.706. The third kappa shape index (κ3) is 4.15. The van der Waals surface area contributed by atoms with Crippen molar-refractivity contribution in [3.63, 3.8) is 0 Å². The van der Waals surface area contributed by atoms with Gasteiger partial charge in [0.05, 0.1) is 0 Å². The second kappa shape index (κ2) is 7.37. The Kier molecular flexibility index (Phi) is 5.44. The molecule has 3 heteroatoms. The molecule has 3 nitrogen and oxygen atoms in total. The SMILES string of the molecule is CC(C)CC1(CN2CCN(C3CC4(CCN(C(C)C)CC4)C3)CC2)CC1. The van der Waals surface area contributed by atoms with Gasteiger partial charge in [-0.3, -0.25) is 4.90 Å². The van der Waals surface area contributed by atoms with E-state index in [1.165, 1.54) is 90.8 Å². The molecule has 2 aliphatic heterocycles. The Morgan fingerprint density at radius 3 is 1.92 bits per heavy atom. The number of rotatable bonds is 6. The van der Waals surface area contributed by atoms with Gasteiger partial charge in [0.2, 0.25) is 0 Å². The summed E-state index contributed by atoms with van der Waals surface area (Å²) in [5, 5.41) is 0. The molecule has 2 aliphatic carbocycles. The molecule has 4 fully saturated rings. The van der Waals surface area contributed by atoms with Crippen molar-refractivity contribution < 1.29 is 0 Å². The molecule has 150 valence electrons. The van der Waals surface area contributed by atoms with Crippen LogP contribution >= 0.6 is 0 Å². The minimum absolute atomic E-state index is 0.710. The van der Waals surface area contributed by atoms with Crippen molar-refractivity contribution in [2.24, 2.45) is 16.7 Å². The Morgan fingerprint density at radius 2 is 1.42 bits per heavy atom. The minimum atomic E-state index is 0.710. The van der Waals surface area contributed by atoms with Gasteiger partial charge >= 0.3 is 0 Å². The fraction of sp³-hybridized carbons (Fsp3) is 1.00. The van der Waals surface area contributed by atoms with E-state index in [1.54, 1.807) is 0 Å². The van der Waals surface area contributed by atoms with Crippen LogP contribution in [0.5, 0.6) is 0 Å². The maximum absolute atomic E-state index is 2.85. The first kappa shape index (κ1) is 19.2. The van der Waals surface area contributed by atoms with Crippen molar-refractivity contribution in [3.8, 4) is 0 Å². The molecule has 0 aromatic heterocycles. The maximum atomic E-state index is 2.85. The fourth-order valence-corrected chi connectivity index (χ4v) is 6.35. The summed E-state index contributed by atoms with van der Waals surface area (Å²) in [4.78, 5) is 8.32. The highest BCUT2D eigenvalue weighted by atomic mass is 15.3. The smallest absolute Gasteiger partial charge is 0.0113 e. The summed E-state index contributed by atoms with van der Waals surface area (Å²) in [7, 11) is 0. The second-order valence-corrected chi connectivity index (χ2v) is 11.1. The molecule has 0 bridgehead atoms. The van der Waals surface area contributed by atoms with Crippen LogP contribution in [0, 0.1) is 16.7 Å². The van der Waals surface area contributed by atoms with Gasteiger partial charge in [-0.05, 0) is 88.6 Å². The molecule has 2 saturated carbocycles. The van der Waals surface area contributed by atoms with E-state index >= 15 is 0 Å². The number of hydrogen-bond acceptors (Lipinski definition) is 3. The number of piperazine rings is 1. The maximum Gasteiger partial charge on any atom is 0.0113 e. The Hall–Kier alpha value is -0.120. The standard InChI is InChI=1S/C23H43N3/c1-19(2)15-23(5-6-23)18-24-11-13-26(14-12-24)21-16-22(17-21)7-9-25(10-8-22)20(3)4/h19-21H,5-18H2,1-4H3. The summed E-state index contributed by atoms with van der Waals surface area (Å²) in [6, 6.07) is 1.65. The molecule has 0 unspecified atom stereocenters. The van der Waals surface area contributed by atoms with E-state index in [4.69, 9.17) is 0 Å². The van der Waals surface area contributed by atoms with Crippen LogP contribution in [0.15, 0.2) is 0 Å². The Balaban J connectivity index is 1.18. The fourth-order valence-electron chi connectivity index (χ4n) is 6.35. The molecule has 2 saturated heterocycles. The van der Waals surface area contributed by atoms with Crippen LogP contribution in [0.4, 0.5) is 0 Å². The van der Waals surface area contributed by atoms with Gasteiger partial charge in [-0.25, -0.2) is 0 Å². The lowest BCUT2D eigenvalue weighted by atomic mass is 9.60. The first-order chi connectivity index (χ1) is 12.4. The van der Waals surface area contributed by atoms with Crippen LogP contribution in [0.2, 0.25) is 0 Å². The summed E-state index contributed by atoms with van der Waals surface area (Å²) >= 11 is 0. The lowest BCUT2D eigenvalue weighted by Crippen LogP contribution is -2.59. The monoisotopic (exact) mass is 361 g/mol. The van der Waals surface area contributed by atoms with Gasteiger partial charge in [0.15, 0.2) is 0 Å². The largest absolute Gasteiger partial charge is 0.301 e. The molecule has 4 aliphatic rings. The second-order valence-electron chi connectivity index (χ2n) is 11.1. The van der Waals surface area contributed by atoms with Crippen LogP contribution in [0.3, 0.4) is 0 Å². The zero-order valence-electron chi connectivity index (χ0n) is 18.0. The highest BCUT2D eigenvalue weighted by Crippen LogP contribution is 2.52. The first-order valence-electron chi connectivity index (χ1n) is 11.6. The zero-order chi connectivity index (χ0) is 18.4. The molecule has 0 aromatic rings. The van der Waals surface area contributed by atoms with Crippen LogP contribution in [0.1, 0.15) is 72.6 Å². The van der Waals surface area contributed by atoms with Gasteiger partial charge in [-0.2, -0.15) is 0 Å². The van der Waals surface area contributed by atoms with Crippen molar-refractivity contribution in [2.45, 2.75) is 84.7 Å². The molecule has 0 amide bonds. The number of likely N-dealkylation sites (tertiary alicyclic amines) is 1. The average molecular weight is 362 g/mol. The molecule has 26 heavy (non-hydrogen) atoms. The molecule has 2 heterocycles. The summed E-state index contributed by atoms with van der Waals surface area (Å²) in [5.74, 6) is 0.868. The highest BCUT2D eigenvalue weighted by molar-refractivity contribution is 5.03. The van der Waals surface area contributed by atoms with Gasteiger partial charge < -0.3 is 9.80 Å². The van der Waals surface area contributed by atoms with Crippen molar-refractivity contribution >= 4 is 0 Å². The van der Waals surface area contributed by atoms with Crippen LogP contribution in [-0.4, -0.2) is 72.6 Å². The average Bonchev–Trinajstić information content (AvgIpc) is 3.31. The Bertz CT molecular complexity index is 458. The first-order valence-corrected chi connectivity index (χ1v) is 11.6. The number of hydrogen-bond donors (Lipinski definition) is 0. The van der Waals surface area contributed by atoms with Gasteiger partial charge in [-0.1, -0.05) is 13.8 Å². The van der Waals surface area contributed by atoms with Crippen molar-refractivity contribution in [1.82, 2.24) is 14.7 Å². The predicted octanol–water partition coefficient (Wildman–Crippen LogP) is 4.08. The van der Waals surface area contributed by atoms with E-state index in [-0.39, 0.29) is 0 Å². The topological polar surface area (TPSA) is 9.72 Å². The third-order valence-corrected chi connectivity index (χ3v) is 8.21. The van der Waals surface area contributed by atoms with Crippen LogP contribution in [-0.2, 0) is 0 Å². The molecule has 0 N–H and O–H groups in total. The van der Waals surface area contributed by atoms with E-state index in [1.807, 2.05) is 0 Å². The van der Waals surface area contributed by atoms with E-state index < -0.39 is 0 Å². The van der Waals surface area contributed by atoms with E-state index in [9.17, 15) is 0 Å². The predicted molar refractivity (Wildman–Crippen MR) is 111 cm³/mol. The third-order valence-electron chi connectivity index (χ3n) is 8.21.